The number of piperidine rings is 1. The van der Waals surface area contributed by atoms with Crippen molar-refractivity contribution in [2.75, 3.05) is 33.2 Å². The highest BCUT2D eigenvalue weighted by molar-refractivity contribution is 4.80. The zero-order valence-corrected chi connectivity index (χ0v) is 8.92. The van der Waals surface area contributed by atoms with Crippen LogP contribution in [0.4, 0.5) is 0 Å². The van der Waals surface area contributed by atoms with Gasteiger partial charge in [-0.3, -0.25) is 0 Å². The highest BCUT2D eigenvalue weighted by Gasteiger charge is 2.21. The van der Waals surface area contributed by atoms with Gasteiger partial charge in [0.25, 0.3) is 0 Å². The SMILES string of the molecule is CCNCC(N)C1CCN(C)CC1. The molecule has 0 radical (unpaired) electrons. The summed E-state index contributed by atoms with van der Waals surface area (Å²) in [7, 11) is 2.19. The van der Waals surface area contributed by atoms with Crippen LogP contribution in [0.25, 0.3) is 0 Å². The highest BCUT2D eigenvalue weighted by Crippen LogP contribution is 2.18. The van der Waals surface area contributed by atoms with Crippen LogP contribution in [0.1, 0.15) is 19.8 Å². The van der Waals surface area contributed by atoms with Gasteiger partial charge >= 0.3 is 0 Å². The molecule has 1 aliphatic heterocycles. The van der Waals surface area contributed by atoms with Crippen molar-refractivity contribution < 1.29 is 0 Å². The first kappa shape index (κ1) is 11.0. The summed E-state index contributed by atoms with van der Waals surface area (Å²) in [6, 6.07) is 0.355. The molecule has 1 unspecified atom stereocenters. The van der Waals surface area contributed by atoms with Gasteiger partial charge in [-0.2, -0.15) is 0 Å². The number of nitrogens with two attached hydrogens (primary N) is 1. The van der Waals surface area contributed by atoms with Gasteiger partial charge in [0.2, 0.25) is 0 Å². The van der Waals surface area contributed by atoms with Crippen LogP contribution in [0.3, 0.4) is 0 Å². The molecule has 3 heteroatoms. The van der Waals surface area contributed by atoms with Crippen molar-refractivity contribution in [1.29, 1.82) is 0 Å². The van der Waals surface area contributed by atoms with Crippen molar-refractivity contribution in [2.24, 2.45) is 11.7 Å². The molecule has 3 nitrogen and oxygen atoms in total. The first-order valence-electron chi connectivity index (χ1n) is 5.39. The first-order valence-corrected chi connectivity index (χ1v) is 5.39. The zero-order valence-electron chi connectivity index (χ0n) is 8.92. The molecule has 0 aromatic carbocycles. The number of likely N-dealkylation sites (N-methyl/N-ethyl adjacent to an activating group) is 1. The molecule has 0 amide bonds. The summed E-state index contributed by atoms with van der Waals surface area (Å²) < 4.78 is 0. The topological polar surface area (TPSA) is 41.3 Å². The molecule has 0 bridgehead atoms. The van der Waals surface area contributed by atoms with Gasteiger partial charge in [-0.25, -0.2) is 0 Å². The predicted molar refractivity (Wildman–Crippen MR) is 56.7 cm³/mol. The molecule has 3 N–H and O–H groups in total. The van der Waals surface area contributed by atoms with Crippen molar-refractivity contribution in [3.63, 3.8) is 0 Å². The van der Waals surface area contributed by atoms with Gasteiger partial charge in [0.15, 0.2) is 0 Å². The lowest BCUT2D eigenvalue weighted by molar-refractivity contribution is 0.197. The zero-order chi connectivity index (χ0) is 9.68. The number of hydrogen-bond donors (Lipinski definition) is 2. The lowest BCUT2D eigenvalue weighted by Crippen LogP contribution is -2.44. The number of nitrogens with zero attached hydrogens (tertiary/aromatic N) is 1. The molecule has 1 saturated heterocycles. The Morgan fingerprint density at radius 3 is 2.62 bits per heavy atom. The third-order valence-electron chi connectivity index (χ3n) is 3.00. The van der Waals surface area contributed by atoms with Gasteiger partial charge in [0, 0.05) is 12.6 Å². The Morgan fingerprint density at radius 1 is 1.46 bits per heavy atom. The van der Waals surface area contributed by atoms with Gasteiger partial charge in [0.1, 0.15) is 0 Å². The Hall–Kier alpha value is -0.120. The van der Waals surface area contributed by atoms with E-state index in [0.717, 1.165) is 19.0 Å². The van der Waals surface area contributed by atoms with Gasteiger partial charge in [-0.05, 0) is 45.4 Å². The lowest BCUT2D eigenvalue weighted by atomic mass is 9.90. The van der Waals surface area contributed by atoms with E-state index < -0.39 is 0 Å². The van der Waals surface area contributed by atoms with E-state index in [1.165, 1.54) is 25.9 Å². The second-order valence-corrected chi connectivity index (χ2v) is 4.11. The molecular formula is C10H23N3. The lowest BCUT2D eigenvalue weighted by Gasteiger charge is -2.32. The molecule has 13 heavy (non-hydrogen) atoms. The average molecular weight is 185 g/mol. The fourth-order valence-electron chi connectivity index (χ4n) is 1.93. The summed E-state index contributed by atoms with van der Waals surface area (Å²) in [5, 5.41) is 3.32. The minimum Gasteiger partial charge on any atom is -0.326 e. The Morgan fingerprint density at radius 2 is 2.08 bits per heavy atom. The van der Waals surface area contributed by atoms with Crippen molar-refractivity contribution in [3.05, 3.63) is 0 Å². The quantitative estimate of drug-likeness (QED) is 0.660. The van der Waals surface area contributed by atoms with E-state index in [0.29, 0.717) is 6.04 Å². The van der Waals surface area contributed by atoms with E-state index in [-0.39, 0.29) is 0 Å². The van der Waals surface area contributed by atoms with Gasteiger partial charge < -0.3 is 16.0 Å². The summed E-state index contributed by atoms with van der Waals surface area (Å²) in [6.45, 7) is 6.56. The third kappa shape index (κ3) is 3.63. The minimum atomic E-state index is 0.355. The van der Waals surface area contributed by atoms with Crippen LogP contribution in [0.5, 0.6) is 0 Å². The first-order chi connectivity index (χ1) is 6.24. The van der Waals surface area contributed by atoms with E-state index in [2.05, 4.69) is 24.2 Å². The van der Waals surface area contributed by atoms with E-state index in [1.807, 2.05) is 0 Å². The van der Waals surface area contributed by atoms with Crippen molar-refractivity contribution in [1.82, 2.24) is 10.2 Å². The van der Waals surface area contributed by atoms with Gasteiger partial charge in [-0.15, -0.1) is 0 Å². The maximum atomic E-state index is 6.10. The van der Waals surface area contributed by atoms with Crippen LogP contribution in [0.15, 0.2) is 0 Å². The Balaban J connectivity index is 2.19. The standard InChI is InChI=1S/C10H23N3/c1-3-12-8-10(11)9-4-6-13(2)7-5-9/h9-10,12H,3-8,11H2,1-2H3. The van der Waals surface area contributed by atoms with Gasteiger partial charge in [0.05, 0.1) is 0 Å². The summed E-state index contributed by atoms with van der Waals surface area (Å²) in [5.74, 6) is 0.732. The molecule has 1 heterocycles. The molecule has 0 spiro atoms. The van der Waals surface area contributed by atoms with Crippen molar-refractivity contribution >= 4 is 0 Å². The maximum Gasteiger partial charge on any atom is 0.0194 e. The molecule has 1 rings (SSSR count). The van der Waals surface area contributed by atoms with Crippen LogP contribution in [0.2, 0.25) is 0 Å². The molecule has 1 fully saturated rings. The van der Waals surface area contributed by atoms with Crippen LogP contribution in [-0.4, -0.2) is 44.2 Å². The largest absolute Gasteiger partial charge is 0.326 e. The second kappa shape index (κ2) is 5.58. The summed E-state index contributed by atoms with van der Waals surface area (Å²) in [5.41, 5.74) is 6.10. The molecule has 0 aliphatic carbocycles. The number of likely N-dealkylation sites (tertiary alicyclic amines) is 1. The number of nitrogens with one attached hydrogen (secondary N) is 1. The van der Waals surface area contributed by atoms with E-state index in [4.69, 9.17) is 5.73 Å². The van der Waals surface area contributed by atoms with E-state index in [1.54, 1.807) is 0 Å². The fraction of sp³-hybridized carbons (Fsp3) is 1.00. The molecule has 1 aliphatic rings. The van der Waals surface area contributed by atoms with Crippen LogP contribution < -0.4 is 11.1 Å². The molecule has 0 aromatic heterocycles. The molecule has 0 saturated carbocycles. The number of hydrogen-bond acceptors (Lipinski definition) is 3. The third-order valence-corrected chi connectivity index (χ3v) is 3.00. The van der Waals surface area contributed by atoms with Crippen molar-refractivity contribution in [2.45, 2.75) is 25.8 Å². The van der Waals surface area contributed by atoms with Crippen LogP contribution in [0, 0.1) is 5.92 Å². The normalized spacial score (nSPS) is 23.3. The van der Waals surface area contributed by atoms with Crippen molar-refractivity contribution in [3.8, 4) is 0 Å². The monoisotopic (exact) mass is 185 g/mol. The Kier molecular flexibility index (Phi) is 4.70. The molecule has 1 atom stereocenters. The van der Waals surface area contributed by atoms with Crippen LogP contribution in [-0.2, 0) is 0 Å². The fourth-order valence-corrected chi connectivity index (χ4v) is 1.93. The predicted octanol–water partition coefficient (Wildman–Crippen LogP) is 0.265. The number of rotatable bonds is 4. The Bertz CT molecular complexity index is 130. The minimum absolute atomic E-state index is 0.355. The summed E-state index contributed by atoms with van der Waals surface area (Å²) in [4.78, 5) is 2.39. The molecule has 78 valence electrons. The molecule has 0 aromatic rings. The summed E-state index contributed by atoms with van der Waals surface area (Å²) >= 11 is 0. The summed E-state index contributed by atoms with van der Waals surface area (Å²) in [6.07, 6.45) is 2.53. The van der Waals surface area contributed by atoms with E-state index >= 15 is 0 Å². The smallest absolute Gasteiger partial charge is 0.0194 e. The van der Waals surface area contributed by atoms with Gasteiger partial charge in [-0.1, -0.05) is 6.92 Å². The molecular weight excluding hydrogens is 162 g/mol. The Labute approximate surface area is 81.7 Å². The maximum absolute atomic E-state index is 6.10. The highest BCUT2D eigenvalue weighted by atomic mass is 15.1. The van der Waals surface area contributed by atoms with Crippen LogP contribution >= 0.6 is 0 Å². The average Bonchev–Trinajstić information content (AvgIpc) is 2.15. The second-order valence-electron chi connectivity index (χ2n) is 4.11. The van der Waals surface area contributed by atoms with E-state index in [9.17, 15) is 0 Å².